The fourth-order valence-electron chi connectivity index (χ4n) is 4.85. The van der Waals surface area contributed by atoms with Gasteiger partial charge in [-0.3, -0.25) is 4.98 Å². The molecule has 9 nitrogen and oxygen atoms in total. The van der Waals surface area contributed by atoms with Crippen molar-refractivity contribution in [2.24, 2.45) is 0 Å². The normalized spacial score (nSPS) is 23.5. The van der Waals surface area contributed by atoms with Gasteiger partial charge in [0.25, 0.3) is 0 Å². The number of fused-ring (bicyclic) bond motifs is 3. The molecule has 0 radical (unpaired) electrons. The first kappa shape index (κ1) is 23.2. The second kappa shape index (κ2) is 9.04. The Bertz CT molecular complexity index is 1430. The van der Waals surface area contributed by atoms with Crippen molar-refractivity contribution in [2.75, 3.05) is 11.9 Å². The molecule has 5 heterocycles. The molecule has 2 aliphatic heterocycles. The van der Waals surface area contributed by atoms with Crippen LogP contribution in [-0.2, 0) is 9.47 Å². The van der Waals surface area contributed by atoms with E-state index < -0.39 is 18.2 Å². The molecule has 36 heavy (non-hydrogen) atoms. The van der Waals surface area contributed by atoms with Gasteiger partial charge in [-0.05, 0) is 44.5 Å². The van der Waals surface area contributed by atoms with Crippen LogP contribution >= 0.6 is 11.6 Å². The van der Waals surface area contributed by atoms with Gasteiger partial charge >= 0.3 is 0 Å². The van der Waals surface area contributed by atoms with Crippen LogP contribution in [0.1, 0.15) is 26.3 Å². The predicted molar refractivity (Wildman–Crippen MR) is 132 cm³/mol. The Kier molecular flexibility index (Phi) is 5.83. The van der Waals surface area contributed by atoms with E-state index in [2.05, 4.69) is 25.3 Å². The quantitative estimate of drug-likeness (QED) is 0.411. The Morgan fingerprint density at radius 2 is 2.00 bits per heavy atom. The highest BCUT2D eigenvalue weighted by Gasteiger charge is 2.43. The van der Waals surface area contributed by atoms with Crippen molar-refractivity contribution in [1.29, 1.82) is 0 Å². The Hall–Kier alpha value is -3.18. The van der Waals surface area contributed by atoms with E-state index in [0.717, 1.165) is 5.56 Å². The van der Waals surface area contributed by atoms with E-state index >= 15 is 4.39 Å². The zero-order valence-electron chi connectivity index (χ0n) is 19.6. The Morgan fingerprint density at radius 1 is 1.19 bits per heavy atom. The molecule has 6 rings (SSSR count). The van der Waals surface area contributed by atoms with Gasteiger partial charge in [0.1, 0.15) is 17.4 Å². The van der Waals surface area contributed by atoms with Gasteiger partial charge in [-0.2, -0.15) is 0 Å². The predicted octanol–water partition coefficient (Wildman–Crippen LogP) is 4.22. The first-order chi connectivity index (χ1) is 17.4. The zero-order chi connectivity index (χ0) is 25.0. The molecular weight excluding hydrogens is 487 g/mol. The second-order valence-corrected chi connectivity index (χ2v) is 9.70. The number of halogens is 2. The lowest BCUT2D eigenvalue weighted by Crippen LogP contribution is -2.48. The molecule has 4 aromatic rings. The minimum absolute atomic E-state index is 0.0125. The molecule has 4 atom stereocenters. The number of hydrogen-bond donors (Lipinski definition) is 2. The van der Waals surface area contributed by atoms with Crippen molar-refractivity contribution in [3.8, 4) is 22.6 Å². The summed E-state index contributed by atoms with van der Waals surface area (Å²) in [6.45, 7) is 4.48. The summed E-state index contributed by atoms with van der Waals surface area (Å²) >= 11 is 6.47. The van der Waals surface area contributed by atoms with Crippen molar-refractivity contribution in [3.05, 3.63) is 53.7 Å². The molecule has 0 unspecified atom stereocenters. The van der Waals surface area contributed by atoms with Crippen LogP contribution in [0.4, 0.5) is 10.3 Å². The van der Waals surface area contributed by atoms with E-state index in [9.17, 15) is 5.11 Å². The highest BCUT2D eigenvalue weighted by atomic mass is 35.5. The maximum atomic E-state index is 15.4. The van der Waals surface area contributed by atoms with Gasteiger partial charge in [0, 0.05) is 29.6 Å². The number of ether oxygens (including phenoxy) is 2. The van der Waals surface area contributed by atoms with E-state index in [1.165, 1.54) is 12.3 Å². The standard InChI is InChI=1S/C25H24ClFN6O3/c1-12(2)33-19-8-14(7-17(27)21(19)31-23(33)13-3-5-28-6-4-13)20-16(26)10-29-25(32-20)30-18-9-15-11-35-24(36-15)22(18)34/h3-8,10,12,15,18,22,24,34H,9,11H2,1-2H3,(H,29,30,32)/t15-,18+,22-,24+/m0/s1. The lowest BCUT2D eigenvalue weighted by molar-refractivity contribution is -0.156. The molecule has 2 saturated heterocycles. The van der Waals surface area contributed by atoms with Gasteiger partial charge in [-0.15, -0.1) is 0 Å². The summed E-state index contributed by atoms with van der Waals surface area (Å²) in [6, 6.07) is 6.57. The average Bonchev–Trinajstić information content (AvgIpc) is 3.46. The average molecular weight is 511 g/mol. The van der Waals surface area contributed by atoms with E-state index in [1.54, 1.807) is 12.4 Å². The number of nitrogens with zero attached hydrogens (tertiary/aromatic N) is 5. The first-order valence-electron chi connectivity index (χ1n) is 11.8. The molecule has 0 aliphatic carbocycles. The summed E-state index contributed by atoms with van der Waals surface area (Å²) in [5, 5.41) is 14.0. The molecule has 0 spiro atoms. The summed E-state index contributed by atoms with van der Waals surface area (Å²) < 4.78 is 28.4. The third-order valence-electron chi connectivity index (χ3n) is 6.52. The SMILES string of the molecule is CC(C)n1c(-c2ccncc2)nc2c(F)cc(-c3nc(N[C@@H]4C[C@H]5CO[C@H](O5)[C@H]4O)ncc3Cl)cc21. The largest absolute Gasteiger partial charge is 0.386 e. The number of aromatic nitrogens is 5. The minimum Gasteiger partial charge on any atom is -0.386 e. The number of pyridine rings is 1. The Balaban J connectivity index is 1.41. The van der Waals surface area contributed by atoms with Gasteiger partial charge in [0.15, 0.2) is 12.1 Å². The maximum absolute atomic E-state index is 15.4. The number of benzene rings is 1. The van der Waals surface area contributed by atoms with E-state index in [4.69, 9.17) is 21.1 Å². The van der Waals surface area contributed by atoms with Crippen molar-refractivity contribution < 1.29 is 19.0 Å². The minimum atomic E-state index is -0.868. The molecule has 1 aromatic carbocycles. The topological polar surface area (TPSA) is 107 Å². The molecule has 0 amide bonds. The maximum Gasteiger partial charge on any atom is 0.223 e. The summed E-state index contributed by atoms with van der Waals surface area (Å²) in [7, 11) is 0. The van der Waals surface area contributed by atoms with Crippen molar-refractivity contribution >= 4 is 28.6 Å². The van der Waals surface area contributed by atoms with Crippen LogP contribution in [0.25, 0.3) is 33.7 Å². The lowest BCUT2D eigenvalue weighted by Gasteiger charge is -2.32. The second-order valence-electron chi connectivity index (χ2n) is 9.29. The third kappa shape index (κ3) is 4.00. The molecule has 0 saturated carbocycles. The molecule has 2 N–H and O–H groups in total. The van der Waals surface area contributed by atoms with Gasteiger partial charge in [0.05, 0.1) is 41.2 Å². The number of aliphatic hydroxyl groups is 1. The fraction of sp³-hybridized carbons (Fsp3) is 0.360. The molecule has 2 aliphatic rings. The zero-order valence-corrected chi connectivity index (χ0v) is 20.4. The van der Waals surface area contributed by atoms with E-state index in [-0.39, 0.29) is 34.7 Å². The van der Waals surface area contributed by atoms with Crippen LogP contribution in [0.15, 0.2) is 42.9 Å². The van der Waals surface area contributed by atoms with Crippen LogP contribution in [0.2, 0.25) is 5.02 Å². The fourth-order valence-corrected chi connectivity index (χ4v) is 5.05. The molecule has 11 heteroatoms. The van der Waals surface area contributed by atoms with Gasteiger partial charge in [-0.25, -0.2) is 19.3 Å². The Labute approximate surface area is 211 Å². The summed E-state index contributed by atoms with van der Waals surface area (Å²) in [6.07, 6.45) is 3.75. The highest BCUT2D eigenvalue weighted by molar-refractivity contribution is 6.33. The number of anilines is 1. The van der Waals surface area contributed by atoms with Crippen LogP contribution in [-0.4, -0.2) is 60.8 Å². The van der Waals surface area contributed by atoms with E-state index in [1.807, 2.05) is 36.6 Å². The number of hydrogen-bond acceptors (Lipinski definition) is 8. The number of rotatable bonds is 5. The van der Waals surface area contributed by atoms with Gasteiger partial charge < -0.3 is 24.5 Å². The molecule has 2 bridgehead atoms. The molecule has 2 fully saturated rings. The highest BCUT2D eigenvalue weighted by Crippen LogP contribution is 2.35. The number of nitrogens with one attached hydrogen (secondary N) is 1. The van der Waals surface area contributed by atoms with Gasteiger partial charge in [-0.1, -0.05) is 11.6 Å². The third-order valence-corrected chi connectivity index (χ3v) is 6.79. The van der Waals surface area contributed by atoms with Gasteiger partial charge in [0.2, 0.25) is 5.95 Å². The van der Waals surface area contributed by atoms with Crippen LogP contribution in [0, 0.1) is 5.82 Å². The van der Waals surface area contributed by atoms with Crippen molar-refractivity contribution in [2.45, 2.75) is 50.8 Å². The summed E-state index contributed by atoms with van der Waals surface area (Å²) in [5.41, 5.74) is 2.61. The Morgan fingerprint density at radius 3 is 2.78 bits per heavy atom. The van der Waals surface area contributed by atoms with E-state index in [0.29, 0.717) is 35.6 Å². The van der Waals surface area contributed by atoms with Crippen molar-refractivity contribution in [3.63, 3.8) is 0 Å². The number of aliphatic hydroxyl groups excluding tert-OH is 1. The summed E-state index contributed by atoms with van der Waals surface area (Å²) in [5.74, 6) is 0.449. The molecular formula is C25H24ClFN6O3. The molecule has 3 aromatic heterocycles. The lowest BCUT2D eigenvalue weighted by atomic mass is 10.0. The first-order valence-corrected chi connectivity index (χ1v) is 12.1. The van der Waals surface area contributed by atoms with Crippen LogP contribution in [0.5, 0.6) is 0 Å². The summed E-state index contributed by atoms with van der Waals surface area (Å²) in [4.78, 5) is 17.5. The van der Waals surface area contributed by atoms with Crippen LogP contribution in [0.3, 0.4) is 0 Å². The number of imidazole rings is 1. The monoisotopic (exact) mass is 510 g/mol. The smallest absolute Gasteiger partial charge is 0.223 e. The molecule has 186 valence electrons. The van der Waals surface area contributed by atoms with Crippen LogP contribution < -0.4 is 5.32 Å². The van der Waals surface area contributed by atoms with Crippen molar-refractivity contribution in [1.82, 2.24) is 24.5 Å².